The third kappa shape index (κ3) is 5.80. The molecule has 3 N–H and O–H groups in total. The first-order valence-electron chi connectivity index (χ1n) is 13.0. The van der Waals surface area contributed by atoms with Crippen LogP contribution in [0, 0.1) is 0 Å². The van der Waals surface area contributed by atoms with E-state index in [0.717, 1.165) is 16.5 Å². The number of aromatic nitrogens is 6. The van der Waals surface area contributed by atoms with Crippen LogP contribution in [0.15, 0.2) is 97.3 Å². The monoisotopic (exact) mass is 556 g/mol. The molecule has 0 saturated heterocycles. The van der Waals surface area contributed by atoms with Gasteiger partial charge in [0.2, 0.25) is 11.8 Å². The molecule has 206 valence electrons. The quantitative estimate of drug-likeness (QED) is 0.221. The Morgan fingerprint density at radius 3 is 2.45 bits per heavy atom. The first kappa shape index (κ1) is 26.3. The van der Waals surface area contributed by atoms with Crippen LogP contribution in [-0.4, -0.2) is 36.1 Å². The number of benzene rings is 2. The summed E-state index contributed by atoms with van der Waals surface area (Å²) in [6, 6.07) is 26.2. The van der Waals surface area contributed by atoms with Crippen LogP contribution >= 0.6 is 0 Å². The first-order chi connectivity index (χ1) is 20.5. The molecule has 0 aliphatic rings. The number of hydrogen-bond acceptors (Lipinski definition) is 11. The lowest BCUT2D eigenvalue weighted by atomic mass is 10.1. The van der Waals surface area contributed by atoms with E-state index in [4.69, 9.17) is 15.2 Å². The number of hydrogen-bond donors (Lipinski definition) is 2. The molecule has 0 aliphatic carbocycles. The van der Waals surface area contributed by atoms with Gasteiger partial charge in [-0.05, 0) is 54.6 Å². The smallest absolute Gasteiger partial charge is 0.303 e. The van der Waals surface area contributed by atoms with Crippen molar-refractivity contribution in [2.45, 2.75) is 13.5 Å². The van der Waals surface area contributed by atoms with Crippen molar-refractivity contribution in [1.82, 2.24) is 30.1 Å². The van der Waals surface area contributed by atoms with E-state index in [1.165, 1.54) is 6.92 Å². The number of ether oxygens (including phenoxy) is 2. The number of carbonyl (C=O) groups is 1. The zero-order valence-corrected chi connectivity index (χ0v) is 22.4. The van der Waals surface area contributed by atoms with Crippen LogP contribution in [0.3, 0.4) is 0 Å². The van der Waals surface area contributed by atoms with E-state index in [0.29, 0.717) is 45.8 Å². The number of anilines is 3. The third-order valence-electron chi connectivity index (χ3n) is 6.21. The van der Waals surface area contributed by atoms with E-state index in [1.807, 2.05) is 66.7 Å². The van der Waals surface area contributed by atoms with Crippen LogP contribution in [0.1, 0.15) is 12.6 Å². The molecule has 0 radical (unpaired) electrons. The van der Waals surface area contributed by atoms with E-state index in [-0.39, 0.29) is 18.5 Å². The molecule has 0 fully saturated rings. The summed E-state index contributed by atoms with van der Waals surface area (Å²) in [6.07, 6.45) is 3.24. The number of nitrogens with two attached hydrogens (primary N) is 1. The molecule has 11 heteroatoms. The van der Waals surface area contributed by atoms with E-state index in [1.54, 1.807) is 30.6 Å². The lowest BCUT2D eigenvalue weighted by Gasteiger charge is -2.13. The van der Waals surface area contributed by atoms with Gasteiger partial charge in [0.1, 0.15) is 18.1 Å². The number of pyridine rings is 2. The molecule has 6 rings (SSSR count). The molecule has 0 bridgehead atoms. The van der Waals surface area contributed by atoms with E-state index in [2.05, 4.69) is 35.5 Å². The summed E-state index contributed by atoms with van der Waals surface area (Å²) in [5, 5.41) is 14.1. The molecule has 42 heavy (non-hydrogen) atoms. The molecule has 0 unspecified atom stereocenters. The Labute approximate surface area is 240 Å². The van der Waals surface area contributed by atoms with Crippen LogP contribution in [0.2, 0.25) is 0 Å². The maximum atomic E-state index is 11.2. The number of nitrogen functional groups attached to an aromatic ring is 1. The largest absolute Gasteiger partial charge is 0.459 e. The van der Waals surface area contributed by atoms with Crippen molar-refractivity contribution in [2.24, 2.45) is 0 Å². The van der Waals surface area contributed by atoms with Crippen molar-refractivity contribution in [1.29, 1.82) is 0 Å². The second-order valence-corrected chi connectivity index (χ2v) is 9.14. The SMILES string of the molecule is CC(=O)OCc1cccc(-c2nnc(Nc3ccc(Oc4ncccc4-c4ccnc(N)n4)cc3)c3ccccc23)n1. The molecule has 0 atom stereocenters. The average molecular weight is 557 g/mol. The fraction of sp³-hybridized carbons (Fsp3) is 0.0645. The molecule has 0 saturated carbocycles. The van der Waals surface area contributed by atoms with Crippen LogP contribution in [0.25, 0.3) is 33.4 Å². The number of carbonyl (C=O) groups excluding carboxylic acids is 1. The molecule has 6 aromatic rings. The zero-order valence-electron chi connectivity index (χ0n) is 22.4. The minimum Gasteiger partial charge on any atom is -0.459 e. The van der Waals surface area contributed by atoms with Crippen molar-refractivity contribution in [3.63, 3.8) is 0 Å². The van der Waals surface area contributed by atoms with Gasteiger partial charge in [-0.25, -0.2) is 19.9 Å². The average Bonchev–Trinajstić information content (AvgIpc) is 3.01. The Morgan fingerprint density at radius 2 is 1.64 bits per heavy atom. The summed E-state index contributed by atoms with van der Waals surface area (Å²) in [5.74, 6) is 1.39. The summed E-state index contributed by atoms with van der Waals surface area (Å²) in [6.45, 7) is 1.45. The fourth-order valence-electron chi connectivity index (χ4n) is 4.30. The summed E-state index contributed by atoms with van der Waals surface area (Å²) in [4.78, 5) is 28.4. The number of nitrogens with zero attached hydrogens (tertiary/aromatic N) is 6. The molecule has 4 heterocycles. The van der Waals surface area contributed by atoms with Gasteiger partial charge in [-0.2, -0.15) is 0 Å². The van der Waals surface area contributed by atoms with Crippen molar-refractivity contribution in [3.05, 3.63) is 103 Å². The van der Waals surface area contributed by atoms with Gasteiger partial charge < -0.3 is 20.5 Å². The van der Waals surface area contributed by atoms with Gasteiger partial charge in [-0.15, -0.1) is 10.2 Å². The van der Waals surface area contributed by atoms with Gasteiger partial charge in [0.05, 0.1) is 22.6 Å². The van der Waals surface area contributed by atoms with Crippen LogP contribution in [0.4, 0.5) is 17.5 Å². The summed E-state index contributed by atoms with van der Waals surface area (Å²) < 4.78 is 11.2. The second-order valence-electron chi connectivity index (χ2n) is 9.14. The molecule has 2 aromatic carbocycles. The zero-order chi connectivity index (χ0) is 28.9. The lowest BCUT2D eigenvalue weighted by Crippen LogP contribution is -2.03. The predicted octanol–water partition coefficient (Wildman–Crippen LogP) is 5.73. The molecule has 11 nitrogen and oxygen atoms in total. The van der Waals surface area contributed by atoms with Gasteiger partial charge in [-0.3, -0.25) is 4.79 Å². The maximum Gasteiger partial charge on any atom is 0.303 e. The Bertz CT molecular complexity index is 1900. The first-order valence-corrected chi connectivity index (χ1v) is 13.0. The number of rotatable bonds is 8. The minimum atomic E-state index is -0.364. The molecule has 0 spiro atoms. The van der Waals surface area contributed by atoms with Crippen molar-refractivity contribution in [2.75, 3.05) is 11.1 Å². The van der Waals surface area contributed by atoms with Crippen LogP contribution in [-0.2, 0) is 16.1 Å². The molecular formula is C31H24N8O3. The Morgan fingerprint density at radius 1 is 0.810 bits per heavy atom. The Hall–Kier alpha value is -5.97. The summed E-state index contributed by atoms with van der Waals surface area (Å²) in [7, 11) is 0. The highest BCUT2D eigenvalue weighted by atomic mass is 16.5. The second kappa shape index (κ2) is 11.6. The molecule has 0 aliphatic heterocycles. The van der Waals surface area contributed by atoms with Gasteiger partial charge in [0, 0.05) is 35.8 Å². The predicted molar refractivity (Wildman–Crippen MR) is 158 cm³/mol. The molecule has 4 aromatic heterocycles. The van der Waals surface area contributed by atoms with Crippen LogP contribution < -0.4 is 15.8 Å². The van der Waals surface area contributed by atoms with Gasteiger partial charge in [0.15, 0.2) is 5.82 Å². The van der Waals surface area contributed by atoms with Gasteiger partial charge in [0.25, 0.3) is 0 Å². The topological polar surface area (TPSA) is 151 Å². The van der Waals surface area contributed by atoms with Crippen molar-refractivity contribution in [3.8, 4) is 34.3 Å². The molecule has 0 amide bonds. The maximum absolute atomic E-state index is 11.2. The fourth-order valence-corrected chi connectivity index (χ4v) is 4.30. The van der Waals surface area contributed by atoms with Gasteiger partial charge in [-0.1, -0.05) is 30.3 Å². The minimum absolute atomic E-state index is 0.0881. The van der Waals surface area contributed by atoms with E-state index < -0.39 is 0 Å². The standard InChI is InChI=1S/C31H24N8O3/c1-19(40)41-18-21-6-4-10-27(35-21)28-23-7-2-3-8-24(23)29(39-38-28)36-20-11-13-22(14-12-20)42-30-25(9-5-16-33-30)26-15-17-34-31(32)37-26/h2-17H,18H2,1H3,(H,36,39)(H2,32,34,37). The van der Waals surface area contributed by atoms with Crippen LogP contribution in [0.5, 0.6) is 11.6 Å². The highest BCUT2D eigenvalue weighted by Gasteiger charge is 2.14. The number of nitrogens with one attached hydrogen (secondary N) is 1. The summed E-state index contributed by atoms with van der Waals surface area (Å²) >= 11 is 0. The normalized spacial score (nSPS) is 10.8. The van der Waals surface area contributed by atoms with Crippen molar-refractivity contribution >= 4 is 34.2 Å². The van der Waals surface area contributed by atoms with E-state index >= 15 is 0 Å². The Balaban J connectivity index is 1.23. The van der Waals surface area contributed by atoms with E-state index in [9.17, 15) is 4.79 Å². The number of fused-ring (bicyclic) bond motifs is 1. The third-order valence-corrected chi connectivity index (χ3v) is 6.21. The van der Waals surface area contributed by atoms with Gasteiger partial charge >= 0.3 is 5.97 Å². The van der Waals surface area contributed by atoms with Crippen molar-refractivity contribution < 1.29 is 14.3 Å². The summed E-state index contributed by atoms with van der Waals surface area (Å²) in [5.41, 5.74) is 9.75. The Kier molecular flexibility index (Phi) is 7.28. The molecular weight excluding hydrogens is 532 g/mol. The number of esters is 1. The highest BCUT2D eigenvalue weighted by Crippen LogP contribution is 2.33. The highest BCUT2D eigenvalue weighted by molar-refractivity contribution is 6.00. The lowest BCUT2D eigenvalue weighted by molar-refractivity contribution is -0.142.